The lowest BCUT2D eigenvalue weighted by Gasteiger charge is -2.24. The highest BCUT2D eigenvalue weighted by Gasteiger charge is 2.22. The molecule has 1 unspecified atom stereocenters. The maximum Gasteiger partial charge on any atom is 0.240 e. The van der Waals surface area contributed by atoms with Crippen molar-refractivity contribution in [1.82, 2.24) is 9.62 Å². The predicted molar refractivity (Wildman–Crippen MR) is 85.8 cm³/mol. The van der Waals surface area contributed by atoms with Gasteiger partial charge in [0, 0.05) is 18.3 Å². The summed E-state index contributed by atoms with van der Waals surface area (Å²) in [6.07, 6.45) is 2.40. The van der Waals surface area contributed by atoms with Crippen molar-refractivity contribution < 1.29 is 8.42 Å². The van der Waals surface area contributed by atoms with Crippen LogP contribution in [0.3, 0.4) is 0 Å². The SMILES string of the molecule is Cc1cc(N)c(C)c(S(=O)(=O)NCC(C)N2CCCC2)c1. The quantitative estimate of drug-likeness (QED) is 0.811. The number of hydrogen-bond donors (Lipinski definition) is 2. The molecular weight excluding hydrogens is 286 g/mol. The Bertz CT molecular complexity index is 608. The Balaban J connectivity index is 2.11. The van der Waals surface area contributed by atoms with Crippen molar-refractivity contribution in [2.45, 2.75) is 44.6 Å². The van der Waals surface area contributed by atoms with Gasteiger partial charge >= 0.3 is 0 Å². The molecule has 0 radical (unpaired) electrons. The number of nitrogens with two attached hydrogens (primary N) is 1. The number of anilines is 1. The van der Waals surface area contributed by atoms with Gasteiger partial charge in [-0.2, -0.15) is 0 Å². The molecule has 0 amide bonds. The standard InChI is InChI=1S/C15H25N3O2S/c1-11-8-14(16)13(3)15(9-11)21(19,20)17-10-12(2)18-6-4-5-7-18/h8-9,12,17H,4-7,10,16H2,1-3H3. The summed E-state index contributed by atoms with van der Waals surface area (Å²) in [4.78, 5) is 2.61. The molecule has 6 heteroatoms. The van der Waals surface area contributed by atoms with Gasteiger partial charge in [0.1, 0.15) is 0 Å². The average Bonchev–Trinajstić information content (AvgIpc) is 2.94. The Morgan fingerprint density at radius 3 is 2.52 bits per heavy atom. The minimum absolute atomic E-state index is 0.213. The van der Waals surface area contributed by atoms with Gasteiger partial charge in [0.15, 0.2) is 0 Å². The molecule has 1 aliphatic heterocycles. The third-order valence-electron chi connectivity index (χ3n) is 4.17. The molecule has 1 fully saturated rings. The fourth-order valence-electron chi connectivity index (χ4n) is 2.75. The maximum atomic E-state index is 12.5. The van der Waals surface area contributed by atoms with Gasteiger partial charge in [0.05, 0.1) is 4.90 Å². The van der Waals surface area contributed by atoms with E-state index in [-0.39, 0.29) is 10.9 Å². The van der Waals surface area contributed by atoms with Crippen LogP contribution < -0.4 is 10.5 Å². The smallest absolute Gasteiger partial charge is 0.240 e. The summed E-state index contributed by atoms with van der Waals surface area (Å²) >= 11 is 0. The van der Waals surface area contributed by atoms with Crippen LogP contribution in [-0.4, -0.2) is 39.0 Å². The molecule has 2 rings (SSSR count). The van der Waals surface area contributed by atoms with Crippen LogP contribution in [0.5, 0.6) is 0 Å². The van der Waals surface area contributed by atoms with E-state index in [1.807, 2.05) is 6.92 Å². The highest BCUT2D eigenvalue weighted by molar-refractivity contribution is 7.89. The summed E-state index contributed by atoms with van der Waals surface area (Å²) in [6, 6.07) is 3.68. The minimum Gasteiger partial charge on any atom is -0.398 e. The highest BCUT2D eigenvalue weighted by Crippen LogP contribution is 2.23. The number of nitrogen functional groups attached to an aromatic ring is 1. The largest absolute Gasteiger partial charge is 0.398 e. The number of sulfonamides is 1. The van der Waals surface area contributed by atoms with Gasteiger partial charge in [-0.15, -0.1) is 0 Å². The zero-order valence-corrected chi connectivity index (χ0v) is 13.8. The summed E-state index contributed by atoms with van der Waals surface area (Å²) in [5.74, 6) is 0. The molecule has 0 aliphatic carbocycles. The Labute approximate surface area is 127 Å². The lowest BCUT2D eigenvalue weighted by atomic mass is 10.1. The van der Waals surface area contributed by atoms with Crippen molar-refractivity contribution in [3.05, 3.63) is 23.3 Å². The van der Waals surface area contributed by atoms with Crippen LogP contribution in [0.4, 0.5) is 5.69 Å². The zero-order chi connectivity index (χ0) is 15.6. The Morgan fingerprint density at radius 1 is 1.29 bits per heavy atom. The van der Waals surface area contributed by atoms with E-state index in [4.69, 9.17) is 5.73 Å². The number of rotatable bonds is 5. The lowest BCUT2D eigenvalue weighted by molar-refractivity contribution is 0.260. The third-order valence-corrected chi connectivity index (χ3v) is 5.72. The van der Waals surface area contributed by atoms with E-state index in [0.29, 0.717) is 17.8 Å². The normalized spacial score (nSPS) is 18.0. The summed E-state index contributed by atoms with van der Waals surface area (Å²) in [5, 5.41) is 0. The number of likely N-dealkylation sites (tertiary alicyclic amines) is 1. The van der Waals surface area contributed by atoms with E-state index in [1.165, 1.54) is 12.8 Å². The molecule has 0 bridgehead atoms. The molecule has 0 aromatic heterocycles. The van der Waals surface area contributed by atoms with Crippen LogP contribution in [0.25, 0.3) is 0 Å². The van der Waals surface area contributed by atoms with E-state index in [2.05, 4.69) is 16.5 Å². The van der Waals surface area contributed by atoms with E-state index in [0.717, 1.165) is 18.7 Å². The zero-order valence-electron chi connectivity index (χ0n) is 13.0. The Hall–Kier alpha value is -1.11. The summed E-state index contributed by atoms with van der Waals surface area (Å²) in [5.41, 5.74) is 7.86. The van der Waals surface area contributed by atoms with Crippen molar-refractivity contribution >= 4 is 15.7 Å². The average molecular weight is 311 g/mol. The van der Waals surface area contributed by atoms with Crippen molar-refractivity contribution in [1.29, 1.82) is 0 Å². The molecule has 5 nitrogen and oxygen atoms in total. The predicted octanol–water partition coefficient (Wildman–Crippen LogP) is 1.65. The van der Waals surface area contributed by atoms with Gasteiger partial charge in [0.25, 0.3) is 0 Å². The molecule has 1 atom stereocenters. The molecule has 0 saturated carbocycles. The minimum atomic E-state index is -3.52. The number of nitrogens with one attached hydrogen (secondary N) is 1. The third kappa shape index (κ3) is 3.75. The number of hydrogen-bond acceptors (Lipinski definition) is 4. The van der Waals surface area contributed by atoms with E-state index < -0.39 is 10.0 Å². The molecule has 118 valence electrons. The Morgan fingerprint density at radius 2 is 1.90 bits per heavy atom. The molecule has 21 heavy (non-hydrogen) atoms. The van der Waals surface area contributed by atoms with Crippen LogP contribution in [0, 0.1) is 13.8 Å². The van der Waals surface area contributed by atoms with Gasteiger partial charge < -0.3 is 5.73 Å². The second-order valence-electron chi connectivity index (χ2n) is 5.92. The molecule has 1 heterocycles. The second kappa shape index (κ2) is 6.34. The molecular formula is C15H25N3O2S. The molecule has 1 aromatic carbocycles. The van der Waals surface area contributed by atoms with Crippen LogP contribution >= 0.6 is 0 Å². The van der Waals surface area contributed by atoms with Gasteiger partial charge in [-0.1, -0.05) is 0 Å². The van der Waals surface area contributed by atoms with Crippen molar-refractivity contribution in [2.75, 3.05) is 25.4 Å². The molecule has 3 N–H and O–H groups in total. The first-order valence-corrected chi connectivity index (χ1v) is 8.90. The topological polar surface area (TPSA) is 75.4 Å². The Kier molecular flexibility index (Phi) is 4.91. The van der Waals surface area contributed by atoms with Crippen LogP contribution in [0.2, 0.25) is 0 Å². The first kappa shape index (κ1) is 16.3. The van der Waals surface area contributed by atoms with Crippen molar-refractivity contribution in [3.8, 4) is 0 Å². The highest BCUT2D eigenvalue weighted by atomic mass is 32.2. The lowest BCUT2D eigenvalue weighted by Crippen LogP contribution is -2.40. The second-order valence-corrected chi connectivity index (χ2v) is 7.66. The van der Waals surface area contributed by atoms with E-state index >= 15 is 0 Å². The number of benzene rings is 1. The maximum absolute atomic E-state index is 12.5. The fourth-order valence-corrected chi connectivity index (χ4v) is 4.23. The van der Waals surface area contributed by atoms with Crippen LogP contribution in [-0.2, 0) is 10.0 Å². The van der Waals surface area contributed by atoms with Gasteiger partial charge in [-0.05, 0) is 70.0 Å². The van der Waals surface area contributed by atoms with Crippen molar-refractivity contribution in [3.63, 3.8) is 0 Å². The molecule has 1 aliphatic rings. The van der Waals surface area contributed by atoms with E-state index in [1.54, 1.807) is 19.1 Å². The van der Waals surface area contributed by atoms with Gasteiger partial charge in [0.2, 0.25) is 10.0 Å². The summed E-state index contributed by atoms with van der Waals surface area (Å²) in [7, 11) is -3.52. The molecule has 0 spiro atoms. The first-order valence-electron chi connectivity index (χ1n) is 7.41. The fraction of sp³-hybridized carbons (Fsp3) is 0.600. The molecule has 1 aromatic rings. The van der Waals surface area contributed by atoms with E-state index in [9.17, 15) is 8.42 Å². The van der Waals surface area contributed by atoms with Crippen LogP contribution in [0.1, 0.15) is 30.9 Å². The van der Waals surface area contributed by atoms with Crippen molar-refractivity contribution in [2.24, 2.45) is 0 Å². The van der Waals surface area contributed by atoms with Gasteiger partial charge in [-0.3, -0.25) is 4.90 Å². The summed E-state index contributed by atoms with van der Waals surface area (Å²) in [6.45, 7) is 8.19. The van der Waals surface area contributed by atoms with Crippen LogP contribution in [0.15, 0.2) is 17.0 Å². The number of nitrogens with zero attached hydrogens (tertiary/aromatic N) is 1. The molecule has 1 saturated heterocycles. The van der Waals surface area contributed by atoms with Gasteiger partial charge in [-0.25, -0.2) is 13.1 Å². The monoisotopic (exact) mass is 311 g/mol. The summed E-state index contributed by atoms with van der Waals surface area (Å²) < 4.78 is 27.7. The number of aryl methyl sites for hydroxylation is 1. The first-order chi connectivity index (χ1) is 9.81.